The monoisotopic (exact) mass is 215 g/mol. The lowest BCUT2D eigenvalue weighted by Gasteiger charge is -2.06. The predicted octanol–water partition coefficient (Wildman–Crippen LogP) is 1.80. The van der Waals surface area contributed by atoms with Gasteiger partial charge in [-0.2, -0.15) is 0 Å². The topological polar surface area (TPSA) is 69.6 Å². The van der Waals surface area contributed by atoms with Crippen LogP contribution in [0.2, 0.25) is 0 Å². The Morgan fingerprint density at radius 2 is 1.86 bits per heavy atom. The first-order chi connectivity index (χ1) is 6.51. The summed E-state index contributed by atoms with van der Waals surface area (Å²) in [5.74, 6) is 0. The molecule has 3 N–H and O–H groups in total. The zero-order valence-corrected chi connectivity index (χ0v) is 8.87. The smallest absolute Gasteiger partial charge is 0.329 e. The van der Waals surface area contributed by atoms with Gasteiger partial charge in [0, 0.05) is 12.2 Å². The van der Waals surface area contributed by atoms with Crippen LogP contribution in [0.5, 0.6) is 0 Å². The van der Waals surface area contributed by atoms with Crippen molar-refractivity contribution in [3.05, 3.63) is 29.8 Å². The van der Waals surface area contributed by atoms with E-state index in [0.717, 1.165) is 12.2 Å². The molecule has 0 bridgehead atoms. The fourth-order valence-corrected chi connectivity index (χ4v) is 1.86. The molecule has 4 nitrogen and oxygen atoms in total. The van der Waals surface area contributed by atoms with Gasteiger partial charge < -0.3 is 15.1 Å². The maximum absolute atomic E-state index is 10.7. The van der Waals surface area contributed by atoms with Crippen molar-refractivity contribution < 1.29 is 14.4 Å². The fourth-order valence-electron chi connectivity index (χ4n) is 1.17. The summed E-state index contributed by atoms with van der Waals surface area (Å²) in [7, 11) is -3.94. The van der Waals surface area contributed by atoms with Crippen molar-refractivity contribution in [3.63, 3.8) is 0 Å². The second-order valence-electron chi connectivity index (χ2n) is 3.05. The van der Waals surface area contributed by atoms with Crippen molar-refractivity contribution in [1.82, 2.24) is 0 Å². The Labute approximate surface area is 83.1 Å². The van der Waals surface area contributed by atoms with Gasteiger partial charge in [-0.1, -0.05) is 12.1 Å². The molecule has 0 aliphatic carbocycles. The molecule has 0 amide bonds. The van der Waals surface area contributed by atoms with Crippen molar-refractivity contribution in [2.24, 2.45) is 0 Å². The first-order valence-corrected chi connectivity index (χ1v) is 6.18. The molecule has 1 aromatic rings. The predicted molar refractivity (Wildman–Crippen MR) is 56.4 cm³/mol. The minimum absolute atomic E-state index is 0.195. The summed E-state index contributed by atoms with van der Waals surface area (Å²) in [6, 6.07) is 7.07. The second-order valence-corrected chi connectivity index (χ2v) is 4.70. The molecule has 0 radical (unpaired) electrons. The Morgan fingerprint density at radius 1 is 1.29 bits per heavy atom. The first kappa shape index (κ1) is 11.2. The maximum Gasteiger partial charge on any atom is 0.329 e. The summed E-state index contributed by atoms with van der Waals surface area (Å²) in [6.07, 6.45) is -0.195. The molecule has 0 aromatic heterocycles. The average molecular weight is 215 g/mol. The van der Waals surface area contributed by atoms with E-state index in [1.807, 2.05) is 19.1 Å². The molecule has 0 fully saturated rings. The van der Waals surface area contributed by atoms with Crippen molar-refractivity contribution in [3.8, 4) is 0 Å². The zero-order chi connectivity index (χ0) is 10.6. The molecule has 0 saturated heterocycles. The minimum Gasteiger partial charge on any atom is -0.385 e. The zero-order valence-electron chi connectivity index (χ0n) is 7.97. The normalized spacial score (nSPS) is 11.4. The number of benzene rings is 1. The Bertz CT molecular complexity index is 330. The highest BCUT2D eigenvalue weighted by Gasteiger charge is 2.13. The Balaban J connectivity index is 2.69. The number of nitrogens with one attached hydrogen (secondary N) is 1. The molecular weight excluding hydrogens is 201 g/mol. The van der Waals surface area contributed by atoms with Crippen molar-refractivity contribution in [2.75, 3.05) is 11.9 Å². The summed E-state index contributed by atoms with van der Waals surface area (Å²) in [4.78, 5) is 17.5. The largest absolute Gasteiger partial charge is 0.385 e. The highest BCUT2D eigenvalue weighted by molar-refractivity contribution is 7.50. The summed E-state index contributed by atoms with van der Waals surface area (Å²) in [6.45, 7) is 2.82. The van der Waals surface area contributed by atoms with Crippen LogP contribution in [-0.4, -0.2) is 16.3 Å². The van der Waals surface area contributed by atoms with Gasteiger partial charge >= 0.3 is 7.60 Å². The first-order valence-electron chi connectivity index (χ1n) is 4.38. The number of rotatable bonds is 4. The highest BCUT2D eigenvalue weighted by Crippen LogP contribution is 2.39. The molecule has 0 saturated carbocycles. The van der Waals surface area contributed by atoms with Crippen molar-refractivity contribution in [2.45, 2.75) is 13.1 Å². The van der Waals surface area contributed by atoms with Gasteiger partial charge in [0.2, 0.25) is 0 Å². The van der Waals surface area contributed by atoms with Gasteiger partial charge in [-0.15, -0.1) is 0 Å². The SMILES string of the molecule is CCNc1ccc(CP(=O)(O)O)cc1. The summed E-state index contributed by atoms with van der Waals surface area (Å²) < 4.78 is 10.7. The van der Waals surface area contributed by atoms with E-state index in [-0.39, 0.29) is 6.16 Å². The third kappa shape index (κ3) is 3.92. The van der Waals surface area contributed by atoms with Crippen LogP contribution in [0.3, 0.4) is 0 Å². The molecule has 1 aromatic carbocycles. The molecule has 0 aliphatic rings. The minimum atomic E-state index is -3.94. The van der Waals surface area contributed by atoms with Crippen LogP contribution in [0.4, 0.5) is 5.69 Å². The molecule has 1 rings (SSSR count). The van der Waals surface area contributed by atoms with Crippen LogP contribution in [0.15, 0.2) is 24.3 Å². The lowest BCUT2D eigenvalue weighted by molar-refractivity contribution is 0.371. The lowest BCUT2D eigenvalue weighted by Crippen LogP contribution is -1.96. The summed E-state index contributed by atoms with van der Waals surface area (Å²) in [5.41, 5.74) is 1.61. The van der Waals surface area contributed by atoms with Crippen LogP contribution < -0.4 is 5.32 Å². The number of anilines is 1. The Hall–Kier alpha value is -0.830. The lowest BCUT2D eigenvalue weighted by atomic mass is 10.2. The Morgan fingerprint density at radius 3 is 2.29 bits per heavy atom. The van der Waals surface area contributed by atoms with E-state index >= 15 is 0 Å². The molecule has 78 valence electrons. The van der Waals surface area contributed by atoms with Gasteiger partial charge in [0.25, 0.3) is 0 Å². The van der Waals surface area contributed by atoms with Crippen LogP contribution in [-0.2, 0) is 10.7 Å². The molecule has 0 aliphatic heterocycles. The fraction of sp³-hybridized carbons (Fsp3) is 0.333. The van der Waals surface area contributed by atoms with Gasteiger partial charge in [0.05, 0.1) is 6.16 Å². The third-order valence-electron chi connectivity index (χ3n) is 1.72. The number of hydrogen-bond donors (Lipinski definition) is 3. The van der Waals surface area contributed by atoms with Gasteiger partial charge in [-0.05, 0) is 24.6 Å². The summed E-state index contributed by atoms with van der Waals surface area (Å²) in [5, 5.41) is 3.10. The van der Waals surface area contributed by atoms with Crippen LogP contribution in [0, 0.1) is 0 Å². The highest BCUT2D eigenvalue weighted by atomic mass is 31.2. The maximum atomic E-state index is 10.7. The van der Waals surface area contributed by atoms with E-state index in [1.165, 1.54) is 0 Å². The van der Waals surface area contributed by atoms with Gasteiger partial charge in [-0.25, -0.2) is 0 Å². The average Bonchev–Trinajstić information content (AvgIpc) is 2.06. The molecule has 14 heavy (non-hydrogen) atoms. The van der Waals surface area contributed by atoms with E-state index in [1.54, 1.807) is 12.1 Å². The third-order valence-corrected chi connectivity index (χ3v) is 2.50. The van der Waals surface area contributed by atoms with E-state index in [9.17, 15) is 4.57 Å². The van der Waals surface area contributed by atoms with Gasteiger partial charge in [0.15, 0.2) is 0 Å². The molecule has 5 heteroatoms. The van der Waals surface area contributed by atoms with E-state index < -0.39 is 7.60 Å². The molecular formula is C9H14NO3P. The second kappa shape index (κ2) is 4.60. The van der Waals surface area contributed by atoms with Gasteiger partial charge in [-0.3, -0.25) is 4.57 Å². The molecule has 0 unspecified atom stereocenters. The molecule has 0 heterocycles. The van der Waals surface area contributed by atoms with E-state index in [2.05, 4.69) is 5.32 Å². The number of hydrogen-bond acceptors (Lipinski definition) is 2. The van der Waals surface area contributed by atoms with Crippen molar-refractivity contribution in [1.29, 1.82) is 0 Å². The quantitative estimate of drug-likeness (QED) is 0.670. The van der Waals surface area contributed by atoms with Crippen LogP contribution in [0.1, 0.15) is 12.5 Å². The van der Waals surface area contributed by atoms with Crippen LogP contribution in [0.25, 0.3) is 0 Å². The standard InChI is InChI=1S/C9H14NO3P/c1-2-10-9-5-3-8(4-6-9)7-14(11,12)13/h3-6,10H,2,7H2,1H3,(H2,11,12,13). The van der Waals surface area contributed by atoms with Crippen LogP contribution >= 0.6 is 7.60 Å². The van der Waals surface area contributed by atoms with Gasteiger partial charge in [0.1, 0.15) is 0 Å². The molecule has 0 spiro atoms. The summed E-state index contributed by atoms with van der Waals surface area (Å²) >= 11 is 0. The molecule has 0 atom stereocenters. The van der Waals surface area contributed by atoms with E-state index in [0.29, 0.717) is 5.56 Å². The van der Waals surface area contributed by atoms with Crippen molar-refractivity contribution >= 4 is 13.3 Å². The Kier molecular flexibility index (Phi) is 3.69. The van der Waals surface area contributed by atoms with E-state index in [4.69, 9.17) is 9.79 Å².